The summed E-state index contributed by atoms with van der Waals surface area (Å²) < 4.78 is 0. The van der Waals surface area contributed by atoms with E-state index in [1.807, 2.05) is 0 Å². The van der Waals surface area contributed by atoms with Crippen molar-refractivity contribution in [3.63, 3.8) is 0 Å². The van der Waals surface area contributed by atoms with Crippen LogP contribution in [0.1, 0.15) is 43.5 Å². The van der Waals surface area contributed by atoms with E-state index < -0.39 is 5.60 Å². The molecular formula is C17H26N2O2. The number of hydrogen-bond donors (Lipinski definition) is 2. The molecule has 0 fully saturated rings. The van der Waals surface area contributed by atoms with Crippen LogP contribution in [-0.2, 0) is 6.42 Å². The van der Waals surface area contributed by atoms with Crippen molar-refractivity contribution in [2.75, 3.05) is 13.6 Å². The second-order valence-electron chi connectivity index (χ2n) is 6.98. The van der Waals surface area contributed by atoms with Crippen LogP contribution in [0.4, 0.5) is 4.79 Å². The highest BCUT2D eigenvalue weighted by Crippen LogP contribution is 2.36. The van der Waals surface area contributed by atoms with E-state index in [2.05, 4.69) is 37.4 Å². The largest absolute Gasteiger partial charge is 0.389 e. The van der Waals surface area contributed by atoms with Crippen LogP contribution in [0.15, 0.2) is 18.2 Å². The number of rotatable bonds is 3. The van der Waals surface area contributed by atoms with Crippen LogP contribution in [0.2, 0.25) is 0 Å². The maximum atomic E-state index is 12.3. The Labute approximate surface area is 127 Å². The minimum absolute atomic E-state index is 0.0525. The highest BCUT2D eigenvalue weighted by molar-refractivity contribution is 5.74. The fourth-order valence-corrected chi connectivity index (χ4v) is 3.08. The molecule has 2 rings (SSSR count). The molecule has 2 atom stereocenters. The molecule has 4 nitrogen and oxygen atoms in total. The number of amides is 2. The van der Waals surface area contributed by atoms with Crippen LogP contribution < -0.4 is 5.32 Å². The van der Waals surface area contributed by atoms with Crippen molar-refractivity contribution in [2.45, 2.75) is 45.8 Å². The van der Waals surface area contributed by atoms with Crippen LogP contribution in [0.25, 0.3) is 0 Å². The first-order chi connectivity index (χ1) is 9.67. The zero-order valence-electron chi connectivity index (χ0n) is 13.6. The molecular weight excluding hydrogens is 264 g/mol. The first-order valence-corrected chi connectivity index (χ1v) is 7.51. The van der Waals surface area contributed by atoms with Gasteiger partial charge in [0.05, 0.1) is 18.2 Å². The fraction of sp³-hybridized carbons (Fsp3) is 0.588. The minimum Gasteiger partial charge on any atom is -0.389 e. The van der Waals surface area contributed by atoms with Gasteiger partial charge in [-0.05, 0) is 44.2 Å². The Balaban J connectivity index is 2.10. The minimum atomic E-state index is -0.887. The lowest BCUT2D eigenvalue weighted by atomic mass is 10.0. The molecule has 0 saturated heterocycles. The predicted octanol–water partition coefficient (Wildman–Crippen LogP) is 2.64. The van der Waals surface area contributed by atoms with Crippen LogP contribution in [-0.4, -0.2) is 35.2 Å². The quantitative estimate of drug-likeness (QED) is 0.899. The van der Waals surface area contributed by atoms with Crippen molar-refractivity contribution in [1.29, 1.82) is 0 Å². The van der Waals surface area contributed by atoms with Gasteiger partial charge in [0.25, 0.3) is 0 Å². The molecule has 0 heterocycles. The van der Waals surface area contributed by atoms with E-state index in [0.29, 0.717) is 12.5 Å². The van der Waals surface area contributed by atoms with E-state index >= 15 is 0 Å². The summed E-state index contributed by atoms with van der Waals surface area (Å²) in [5, 5.41) is 12.9. The monoisotopic (exact) mass is 290 g/mol. The highest BCUT2D eigenvalue weighted by atomic mass is 16.3. The molecule has 0 radical (unpaired) electrons. The van der Waals surface area contributed by atoms with Crippen molar-refractivity contribution in [2.24, 2.45) is 5.92 Å². The summed E-state index contributed by atoms with van der Waals surface area (Å²) in [6.07, 6.45) is 0.996. The third-order valence-electron chi connectivity index (χ3n) is 4.00. The molecule has 1 aromatic carbocycles. The zero-order valence-corrected chi connectivity index (χ0v) is 13.6. The molecule has 0 aliphatic heterocycles. The second-order valence-corrected chi connectivity index (χ2v) is 6.98. The lowest BCUT2D eigenvalue weighted by molar-refractivity contribution is 0.0525. The average molecular weight is 290 g/mol. The van der Waals surface area contributed by atoms with Gasteiger partial charge in [-0.15, -0.1) is 0 Å². The molecule has 1 aliphatic carbocycles. The topological polar surface area (TPSA) is 52.6 Å². The number of likely N-dealkylation sites (N-methyl/N-ethyl adjacent to an activating group) is 1. The van der Waals surface area contributed by atoms with E-state index in [1.54, 1.807) is 25.8 Å². The van der Waals surface area contributed by atoms with E-state index in [-0.39, 0.29) is 12.1 Å². The number of aliphatic hydroxyl groups is 1. The van der Waals surface area contributed by atoms with Crippen molar-refractivity contribution in [1.82, 2.24) is 10.2 Å². The lowest BCUT2D eigenvalue weighted by Crippen LogP contribution is -2.46. The third-order valence-corrected chi connectivity index (χ3v) is 4.00. The molecule has 116 valence electrons. The van der Waals surface area contributed by atoms with Crippen molar-refractivity contribution in [3.8, 4) is 0 Å². The van der Waals surface area contributed by atoms with Gasteiger partial charge in [-0.25, -0.2) is 4.79 Å². The molecule has 0 aromatic heterocycles. The van der Waals surface area contributed by atoms with Crippen LogP contribution in [0.5, 0.6) is 0 Å². The first-order valence-electron chi connectivity index (χ1n) is 7.51. The SMILES string of the molecule is Cc1ccc2c(c1)C(NC(=O)N(C)CC(C)(C)O)C(C)C2. The molecule has 4 heteroatoms. The fourth-order valence-electron chi connectivity index (χ4n) is 3.08. The normalized spacial score (nSPS) is 21.0. The summed E-state index contributed by atoms with van der Waals surface area (Å²) in [5.74, 6) is 0.390. The summed E-state index contributed by atoms with van der Waals surface area (Å²) in [6, 6.07) is 6.36. The Kier molecular flexibility index (Phi) is 4.28. The number of carbonyl (C=O) groups excluding carboxylic acids is 1. The molecule has 0 saturated carbocycles. The van der Waals surface area contributed by atoms with Gasteiger partial charge in [0.2, 0.25) is 0 Å². The summed E-state index contributed by atoms with van der Waals surface area (Å²) in [4.78, 5) is 13.9. The Hall–Kier alpha value is -1.55. The number of nitrogens with zero attached hydrogens (tertiary/aromatic N) is 1. The predicted molar refractivity (Wildman–Crippen MR) is 84.2 cm³/mol. The summed E-state index contributed by atoms with van der Waals surface area (Å²) >= 11 is 0. The van der Waals surface area contributed by atoms with Gasteiger partial charge in [-0.3, -0.25) is 0 Å². The molecule has 0 bridgehead atoms. The van der Waals surface area contributed by atoms with Crippen LogP contribution in [0, 0.1) is 12.8 Å². The number of benzene rings is 1. The molecule has 2 N–H and O–H groups in total. The number of urea groups is 1. The Morgan fingerprint density at radius 2 is 2.14 bits per heavy atom. The number of carbonyl (C=O) groups is 1. The van der Waals surface area contributed by atoms with Gasteiger partial charge < -0.3 is 15.3 Å². The highest BCUT2D eigenvalue weighted by Gasteiger charge is 2.31. The van der Waals surface area contributed by atoms with Gasteiger partial charge in [0, 0.05) is 7.05 Å². The Morgan fingerprint density at radius 1 is 1.48 bits per heavy atom. The number of nitrogens with one attached hydrogen (secondary N) is 1. The second kappa shape index (κ2) is 5.68. The molecule has 0 spiro atoms. The number of fused-ring (bicyclic) bond motifs is 1. The Bertz CT molecular complexity index is 534. The summed E-state index contributed by atoms with van der Waals surface area (Å²) in [6.45, 7) is 7.95. The van der Waals surface area contributed by atoms with Crippen LogP contribution in [0.3, 0.4) is 0 Å². The molecule has 2 amide bonds. The molecule has 21 heavy (non-hydrogen) atoms. The van der Waals surface area contributed by atoms with E-state index in [0.717, 1.165) is 6.42 Å². The lowest BCUT2D eigenvalue weighted by Gasteiger charge is -2.28. The maximum Gasteiger partial charge on any atom is 0.317 e. The smallest absolute Gasteiger partial charge is 0.317 e. The zero-order chi connectivity index (χ0) is 15.8. The van der Waals surface area contributed by atoms with Gasteiger partial charge in [0.1, 0.15) is 0 Å². The first kappa shape index (κ1) is 15.8. The van der Waals surface area contributed by atoms with Crippen molar-refractivity contribution < 1.29 is 9.90 Å². The van der Waals surface area contributed by atoms with Gasteiger partial charge in [0.15, 0.2) is 0 Å². The van der Waals surface area contributed by atoms with E-state index in [4.69, 9.17) is 0 Å². The maximum absolute atomic E-state index is 12.3. The molecule has 1 aromatic rings. The number of aryl methyl sites for hydroxylation is 1. The van der Waals surface area contributed by atoms with E-state index in [1.165, 1.54) is 16.7 Å². The van der Waals surface area contributed by atoms with Crippen molar-refractivity contribution >= 4 is 6.03 Å². The van der Waals surface area contributed by atoms with Crippen molar-refractivity contribution in [3.05, 3.63) is 34.9 Å². The summed E-state index contributed by atoms with van der Waals surface area (Å²) in [5.41, 5.74) is 2.88. The van der Waals surface area contributed by atoms with Gasteiger partial charge in [-0.2, -0.15) is 0 Å². The van der Waals surface area contributed by atoms with E-state index in [9.17, 15) is 9.90 Å². The standard InChI is InChI=1S/C17H26N2O2/c1-11-6-7-13-9-12(2)15(14(13)8-11)18-16(20)19(5)10-17(3,4)21/h6-8,12,15,21H,9-10H2,1-5H3,(H,18,20). The van der Waals surface area contributed by atoms with Gasteiger partial charge in [-0.1, -0.05) is 30.7 Å². The number of hydrogen-bond acceptors (Lipinski definition) is 2. The molecule has 2 unspecified atom stereocenters. The molecule has 1 aliphatic rings. The summed E-state index contributed by atoms with van der Waals surface area (Å²) in [7, 11) is 1.71. The Morgan fingerprint density at radius 3 is 2.76 bits per heavy atom. The van der Waals surface area contributed by atoms with Crippen LogP contribution >= 0.6 is 0 Å². The third kappa shape index (κ3) is 3.76. The average Bonchev–Trinajstić information content (AvgIpc) is 2.64. The van der Waals surface area contributed by atoms with Gasteiger partial charge >= 0.3 is 6.03 Å².